The highest BCUT2D eigenvalue weighted by atomic mass is 127. The van der Waals surface area contributed by atoms with Gasteiger partial charge in [-0.2, -0.15) is 0 Å². The van der Waals surface area contributed by atoms with E-state index in [4.69, 9.17) is 4.99 Å². The first-order valence-electron chi connectivity index (χ1n) is 9.41. The Morgan fingerprint density at radius 1 is 1.11 bits per heavy atom. The van der Waals surface area contributed by atoms with Crippen LogP contribution in [0.5, 0.6) is 0 Å². The standard InChI is InChI=1S/C21H32N4S.HI/c1-5-22-21(23-13-12-20-11-8-14-26-20)24-15-18-9-6-7-10-19(18)16-25(4)17(2)3;/h6-11,14,17H,5,12-13,15-16H2,1-4H3,(H2,22,23,24);1H. The van der Waals surface area contributed by atoms with Crippen LogP contribution in [0.4, 0.5) is 0 Å². The molecule has 0 aliphatic rings. The highest BCUT2D eigenvalue weighted by molar-refractivity contribution is 14.0. The van der Waals surface area contributed by atoms with Crippen molar-refractivity contribution in [3.63, 3.8) is 0 Å². The van der Waals surface area contributed by atoms with Gasteiger partial charge in [0.25, 0.3) is 0 Å². The molecule has 0 amide bonds. The van der Waals surface area contributed by atoms with E-state index in [-0.39, 0.29) is 24.0 Å². The first kappa shape index (κ1) is 23.9. The van der Waals surface area contributed by atoms with E-state index in [9.17, 15) is 0 Å². The molecule has 0 fully saturated rings. The summed E-state index contributed by atoms with van der Waals surface area (Å²) < 4.78 is 0. The molecule has 1 aromatic heterocycles. The smallest absolute Gasteiger partial charge is 0.191 e. The number of aliphatic imine (C=N–C) groups is 1. The van der Waals surface area contributed by atoms with E-state index < -0.39 is 0 Å². The number of nitrogens with zero attached hydrogens (tertiary/aromatic N) is 2. The normalized spacial score (nSPS) is 11.6. The monoisotopic (exact) mass is 500 g/mol. The Kier molecular flexibility index (Phi) is 11.6. The maximum absolute atomic E-state index is 4.79. The molecule has 0 bridgehead atoms. The Bertz CT molecular complexity index is 671. The van der Waals surface area contributed by atoms with Crippen LogP contribution in [0.15, 0.2) is 46.8 Å². The number of rotatable bonds is 9. The van der Waals surface area contributed by atoms with Gasteiger partial charge in [-0.15, -0.1) is 35.3 Å². The van der Waals surface area contributed by atoms with Crippen LogP contribution in [0.2, 0.25) is 0 Å². The molecule has 0 radical (unpaired) electrons. The topological polar surface area (TPSA) is 39.7 Å². The number of benzene rings is 1. The SMILES string of the molecule is CCNC(=NCc1ccccc1CN(C)C(C)C)NCCc1cccs1.I. The lowest BCUT2D eigenvalue weighted by molar-refractivity contribution is 0.265. The van der Waals surface area contributed by atoms with Crippen LogP contribution in [-0.4, -0.2) is 37.0 Å². The molecule has 0 saturated heterocycles. The number of hydrogen-bond donors (Lipinski definition) is 2. The van der Waals surface area contributed by atoms with Crippen molar-refractivity contribution in [3.05, 3.63) is 57.8 Å². The van der Waals surface area contributed by atoms with E-state index in [1.54, 1.807) is 11.3 Å². The first-order valence-corrected chi connectivity index (χ1v) is 10.3. The van der Waals surface area contributed by atoms with E-state index in [2.05, 4.69) is 85.1 Å². The lowest BCUT2D eigenvalue weighted by Crippen LogP contribution is -2.38. The molecule has 6 heteroatoms. The Hall–Kier alpha value is -1.12. The van der Waals surface area contributed by atoms with Gasteiger partial charge < -0.3 is 10.6 Å². The minimum Gasteiger partial charge on any atom is -0.357 e. The van der Waals surface area contributed by atoms with Crippen LogP contribution >= 0.6 is 35.3 Å². The zero-order valence-electron chi connectivity index (χ0n) is 16.9. The number of nitrogens with one attached hydrogen (secondary N) is 2. The van der Waals surface area contributed by atoms with Gasteiger partial charge in [0.15, 0.2) is 5.96 Å². The third-order valence-corrected chi connectivity index (χ3v) is 5.35. The maximum atomic E-state index is 4.79. The number of hydrogen-bond acceptors (Lipinski definition) is 3. The van der Waals surface area contributed by atoms with Crippen LogP contribution < -0.4 is 10.6 Å². The molecule has 2 rings (SSSR count). The lowest BCUT2D eigenvalue weighted by Gasteiger charge is -2.22. The van der Waals surface area contributed by atoms with Crippen molar-refractivity contribution >= 4 is 41.3 Å². The molecular formula is C21H33IN4S. The fraction of sp³-hybridized carbons (Fsp3) is 0.476. The molecule has 0 aliphatic heterocycles. The van der Waals surface area contributed by atoms with Gasteiger partial charge in [0.1, 0.15) is 0 Å². The van der Waals surface area contributed by atoms with Crippen LogP contribution in [0.25, 0.3) is 0 Å². The van der Waals surface area contributed by atoms with Gasteiger partial charge in [0, 0.05) is 30.6 Å². The predicted octanol–water partition coefficient (Wildman–Crippen LogP) is 4.50. The van der Waals surface area contributed by atoms with Gasteiger partial charge in [-0.3, -0.25) is 4.90 Å². The average molecular weight is 500 g/mol. The van der Waals surface area contributed by atoms with Gasteiger partial charge in [-0.25, -0.2) is 4.99 Å². The molecular weight excluding hydrogens is 467 g/mol. The van der Waals surface area contributed by atoms with E-state index >= 15 is 0 Å². The lowest BCUT2D eigenvalue weighted by atomic mass is 10.1. The summed E-state index contributed by atoms with van der Waals surface area (Å²) in [5.74, 6) is 0.885. The van der Waals surface area contributed by atoms with Gasteiger partial charge in [0.2, 0.25) is 0 Å². The highest BCUT2D eigenvalue weighted by Gasteiger charge is 2.08. The van der Waals surface area contributed by atoms with Gasteiger partial charge >= 0.3 is 0 Å². The molecule has 0 spiro atoms. The van der Waals surface area contributed by atoms with Crippen molar-refractivity contribution in [2.75, 3.05) is 20.1 Å². The molecule has 27 heavy (non-hydrogen) atoms. The van der Waals surface area contributed by atoms with E-state index in [1.807, 2.05) is 0 Å². The van der Waals surface area contributed by atoms with E-state index in [0.29, 0.717) is 12.6 Å². The summed E-state index contributed by atoms with van der Waals surface area (Å²) in [4.78, 5) is 8.55. The summed E-state index contributed by atoms with van der Waals surface area (Å²) in [5, 5.41) is 8.91. The second-order valence-electron chi connectivity index (χ2n) is 6.73. The number of guanidine groups is 1. The fourth-order valence-corrected chi connectivity index (χ4v) is 3.29. The van der Waals surface area contributed by atoms with Gasteiger partial charge in [-0.05, 0) is 56.8 Å². The highest BCUT2D eigenvalue weighted by Crippen LogP contribution is 2.13. The van der Waals surface area contributed by atoms with Gasteiger partial charge in [-0.1, -0.05) is 30.3 Å². The zero-order chi connectivity index (χ0) is 18.8. The predicted molar refractivity (Wildman–Crippen MR) is 129 cm³/mol. The van der Waals surface area contributed by atoms with E-state index in [1.165, 1.54) is 16.0 Å². The van der Waals surface area contributed by atoms with Crippen molar-refractivity contribution in [2.45, 2.75) is 46.3 Å². The molecule has 0 saturated carbocycles. The summed E-state index contributed by atoms with van der Waals surface area (Å²) in [7, 11) is 2.17. The fourth-order valence-electron chi connectivity index (χ4n) is 2.58. The van der Waals surface area contributed by atoms with Crippen molar-refractivity contribution in [1.29, 1.82) is 0 Å². The minimum absolute atomic E-state index is 0. The molecule has 150 valence electrons. The Labute approximate surface area is 185 Å². The Morgan fingerprint density at radius 2 is 1.85 bits per heavy atom. The third-order valence-electron chi connectivity index (χ3n) is 4.42. The molecule has 2 N–H and O–H groups in total. The Balaban J connectivity index is 0.00000364. The second-order valence-corrected chi connectivity index (χ2v) is 7.76. The largest absolute Gasteiger partial charge is 0.357 e. The Morgan fingerprint density at radius 3 is 2.48 bits per heavy atom. The molecule has 0 aliphatic carbocycles. The second kappa shape index (κ2) is 13.1. The molecule has 1 heterocycles. The summed E-state index contributed by atoms with van der Waals surface area (Å²) in [6, 6.07) is 13.4. The van der Waals surface area contributed by atoms with E-state index in [0.717, 1.165) is 32.0 Å². The van der Waals surface area contributed by atoms with Crippen LogP contribution in [-0.2, 0) is 19.5 Å². The molecule has 0 unspecified atom stereocenters. The zero-order valence-corrected chi connectivity index (χ0v) is 20.0. The maximum Gasteiger partial charge on any atom is 0.191 e. The molecule has 2 aromatic rings. The van der Waals surface area contributed by atoms with Crippen LogP contribution in [0, 0.1) is 0 Å². The minimum atomic E-state index is 0. The average Bonchev–Trinajstić information content (AvgIpc) is 3.14. The first-order chi connectivity index (χ1) is 12.6. The van der Waals surface area contributed by atoms with Crippen molar-refractivity contribution in [2.24, 2.45) is 4.99 Å². The number of halogens is 1. The van der Waals surface area contributed by atoms with Crippen molar-refractivity contribution < 1.29 is 0 Å². The number of thiophene rings is 1. The summed E-state index contributed by atoms with van der Waals surface area (Å²) in [6.45, 7) is 9.94. The third kappa shape index (κ3) is 8.62. The summed E-state index contributed by atoms with van der Waals surface area (Å²) in [6.07, 6.45) is 1.03. The molecule has 0 atom stereocenters. The molecule has 4 nitrogen and oxygen atoms in total. The molecule has 1 aromatic carbocycles. The van der Waals surface area contributed by atoms with Crippen molar-refractivity contribution in [3.8, 4) is 0 Å². The van der Waals surface area contributed by atoms with Crippen LogP contribution in [0.3, 0.4) is 0 Å². The van der Waals surface area contributed by atoms with Crippen LogP contribution in [0.1, 0.15) is 36.8 Å². The van der Waals surface area contributed by atoms with Crippen molar-refractivity contribution in [1.82, 2.24) is 15.5 Å². The van der Waals surface area contributed by atoms with Gasteiger partial charge in [0.05, 0.1) is 6.54 Å². The summed E-state index contributed by atoms with van der Waals surface area (Å²) >= 11 is 1.80. The quantitative estimate of drug-likeness (QED) is 0.303. The summed E-state index contributed by atoms with van der Waals surface area (Å²) in [5.41, 5.74) is 2.64.